The molecule has 1 aromatic carbocycles. The Kier molecular flexibility index (Phi) is 3.93. The van der Waals surface area contributed by atoms with Gasteiger partial charge in [0.25, 0.3) is 0 Å². The topological polar surface area (TPSA) is 12.0 Å². The van der Waals surface area contributed by atoms with Crippen LogP contribution in [0, 0.1) is 0 Å². The van der Waals surface area contributed by atoms with Gasteiger partial charge >= 0.3 is 0 Å². The quantitative estimate of drug-likeness (QED) is 0.862. The van der Waals surface area contributed by atoms with Gasteiger partial charge in [0.15, 0.2) is 0 Å². The number of hydrogen-bond acceptors (Lipinski definition) is 1. The standard InChI is InChI=1S/C13H17BrClN/c1-2-13(6-3-7-13)16-9-10-8-11(15)4-5-12(10)14/h4-5,8,16H,2-3,6-7,9H2,1H3. The van der Waals surface area contributed by atoms with E-state index in [1.54, 1.807) is 0 Å². The minimum absolute atomic E-state index is 0.391. The lowest BCUT2D eigenvalue weighted by Gasteiger charge is -2.42. The molecular formula is C13H17BrClN. The Morgan fingerprint density at radius 3 is 2.75 bits per heavy atom. The van der Waals surface area contributed by atoms with Crippen molar-refractivity contribution >= 4 is 27.5 Å². The zero-order chi connectivity index (χ0) is 11.6. The second-order valence-electron chi connectivity index (χ2n) is 4.58. The molecule has 1 aliphatic carbocycles. The molecule has 0 radical (unpaired) electrons. The molecule has 1 N–H and O–H groups in total. The fourth-order valence-corrected chi connectivity index (χ4v) is 2.80. The van der Waals surface area contributed by atoms with Gasteiger partial charge in [-0.05, 0) is 49.4 Å². The van der Waals surface area contributed by atoms with E-state index >= 15 is 0 Å². The van der Waals surface area contributed by atoms with Gasteiger partial charge in [-0.1, -0.05) is 34.5 Å². The van der Waals surface area contributed by atoms with Crippen LogP contribution in [-0.2, 0) is 6.54 Å². The van der Waals surface area contributed by atoms with Crippen LogP contribution in [0.4, 0.5) is 0 Å². The summed E-state index contributed by atoms with van der Waals surface area (Å²) in [5, 5.41) is 4.48. The van der Waals surface area contributed by atoms with E-state index in [1.807, 2.05) is 18.2 Å². The molecule has 3 heteroatoms. The normalized spacial score (nSPS) is 18.2. The van der Waals surface area contributed by atoms with Gasteiger partial charge in [-0.2, -0.15) is 0 Å². The molecule has 1 nitrogen and oxygen atoms in total. The van der Waals surface area contributed by atoms with Crippen molar-refractivity contribution in [2.75, 3.05) is 0 Å². The maximum atomic E-state index is 6.00. The Balaban J connectivity index is 2.01. The summed E-state index contributed by atoms with van der Waals surface area (Å²) in [6.45, 7) is 3.16. The van der Waals surface area contributed by atoms with E-state index in [4.69, 9.17) is 11.6 Å². The maximum absolute atomic E-state index is 6.00. The third kappa shape index (κ3) is 2.61. The fourth-order valence-electron chi connectivity index (χ4n) is 2.22. The summed E-state index contributed by atoms with van der Waals surface area (Å²) < 4.78 is 1.13. The van der Waals surface area contributed by atoms with Crippen LogP contribution in [-0.4, -0.2) is 5.54 Å². The van der Waals surface area contributed by atoms with E-state index in [0.29, 0.717) is 5.54 Å². The Morgan fingerprint density at radius 2 is 2.19 bits per heavy atom. The predicted octanol–water partition coefficient (Wildman–Crippen LogP) is 4.52. The second-order valence-corrected chi connectivity index (χ2v) is 5.87. The second kappa shape index (κ2) is 5.07. The monoisotopic (exact) mass is 301 g/mol. The molecule has 0 saturated heterocycles. The smallest absolute Gasteiger partial charge is 0.0410 e. The van der Waals surface area contributed by atoms with E-state index < -0.39 is 0 Å². The van der Waals surface area contributed by atoms with Crippen molar-refractivity contribution in [3.05, 3.63) is 33.3 Å². The lowest BCUT2D eigenvalue weighted by Crippen LogP contribution is -2.49. The first-order valence-electron chi connectivity index (χ1n) is 5.84. The Morgan fingerprint density at radius 1 is 1.44 bits per heavy atom. The molecule has 0 heterocycles. The number of rotatable bonds is 4. The predicted molar refractivity (Wildman–Crippen MR) is 72.9 cm³/mol. The van der Waals surface area contributed by atoms with E-state index in [1.165, 1.54) is 31.2 Å². The molecular weight excluding hydrogens is 286 g/mol. The lowest BCUT2D eigenvalue weighted by atomic mass is 9.75. The van der Waals surface area contributed by atoms with E-state index in [2.05, 4.69) is 28.2 Å². The highest BCUT2D eigenvalue weighted by atomic mass is 79.9. The van der Waals surface area contributed by atoms with Crippen LogP contribution in [0.15, 0.2) is 22.7 Å². The first kappa shape index (κ1) is 12.4. The highest BCUT2D eigenvalue weighted by molar-refractivity contribution is 9.10. The molecule has 1 fully saturated rings. The highest BCUT2D eigenvalue weighted by Crippen LogP contribution is 2.35. The molecule has 1 aromatic rings. The average molecular weight is 303 g/mol. The number of benzene rings is 1. The van der Waals surface area contributed by atoms with Crippen molar-refractivity contribution in [2.45, 2.75) is 44.7 Å². The van der Waals surface area contributed by atoms with Crippen LogP contribution in [0.3, 0.4) is 0 Å². The molecule has 0 aromatic heterocycles. The third-order valence-corrected chi connectivity index (χ3v) is 4.66. The minimum Gasteiger partial charge on any atom is -0.307 e. The van der Waals surface area contributed by atoms with E-state index in [-0.39, 0.29) is 0 Å². The van der Waals surface area contributed by atoms with Crippen molar-refractivity contribution in [1.82, 2.24) is 5.32 Å². The largest absolute Gasteiger partial charge is 0.307 e. The summed E-state index contributed by atoms with van der Waals surface area (Å²) in [6.07, 6.45) is 5.19. The number of hydrogen-bond donors (Lipinski definition) is 1. The first-order valence-corrected chi connectivity index (χ1v) is 7.01. The summed E-state index contributed by atoms with van der Waals surface area (Å²) in [6, 6.07) is 5.95. The van der Waals surface area contributed by atoms with Crippen LogP contribution in [0.25, 0.3) is 0 Å². The minimum atomic E-state index is 0.391. The average Bonchev–Trinajstić information content (AvgIpc) is 2.22. The summed E-state index contributed by atoms with van der Waals surface area (Å²) in [7, 11) is 0. The van der Waals surface area contributed by atoms with E-state index in [9.17, 15) is 0 Å². The maximum Gasteiger partial charge on any atom is 0.0410 e. The van der Waals surface area contributed by atoms with E-state index in [0.717, 1.165) is 16.0 Å². The molecule has 1 saturated carbocycles. The summed E-state index contributed by atoms with van der Waals surface area (Å²) in [5.41, 5.74) is 1.63. The summed E-state index contributed by atoms with van der Waals surface area (Å²) in [4.78, 5) is 0. The molecule has 0 atom stereocenters. The van der Waals surface area contributed by atoms with Gasteiger partial charge in [0.2, 0.25) is 0 Å². The van der Waals surface area contributed by atoms with Crippen molar-refractivity contribution < 1.29 is 0 Å². The van der Waals surface area contributed by atoms with Gasteiger partial charge in [-0.25, -0.2) is 0 Å². The van der Waals surface area contributed by atoms with Gasteiger partial charge in [-0.15, -0.1) is 0 Å². The van der Waals surface area contributed by atoms with Gasteiger partial charge in [0.1, 0.15) is 0 Å². The van der Waals surface area contributed by atoms with Crippen molar-refractivity contribution in [3.8, 4) is 0 Å². The van der Waals surface area contributed by atoms with Crippen LogP contribution in [0.5, 0.6) is 0 Å². The van der Waals surface area contributed by atoms with Gasteiger partial charge in [0, 0.05) is 21.6 Å². The molecule has 1 aliphatic rings. The van der Waals surface area contributed by atoms with Gasteiger partial charge in [0.05, 0.1) is 0 Å². The Bertz CT molecular complexity index is 369. The van der Waals surface area contributed by atoms with Crippen molar-refractivity contribution in [1.29, 1.82) is 0 Å². The summed E-state index contributed by atoms with van der Waals surface area (Å²) in [5.74, 6) is 0. The highest BCUT2D eigenvalue weighted by Gasteiger charge is 2.34. The molecule has 16 heavy (non-hydrogen) atoms. The van der Waals surface area contributed by atoms with Crippen LogP contribution in [0.1, 0.15) is 38.2 Å². The molecule has 2 rings (SSSR count). The zero-order valence-electron chi connectivity index (χ0n) is 9.52. The zero-order valence-corrected chi connectivity index (χ0v) is 11.9. The van der Waals surface area contributed by atoms with Gasteiger partial charge < -0.3 is 5.32 Å². The SMILES string of the molecule is CCC1(NCc2cc(Cl)ccc2Br)CCC1. The molecule has 0 spiro atoms. The first-order chi connectivity index (χ1) is 7.65. The van der Waals surface area contributed by atoms with Crippen LogP contribution < -0.4 is 5.32 Å². The lowest BCUT2D eigenvalue weighted by molar-refractivity contribution is 0.175. The molecule has 0 unspecified atom stereocenters. The van der Waals surface area contributed by atoms with Crippen molar-refractivity contribution in [2.24, 2.45) is 0 Å². The number of nitrogens with one attached hydrogen (secondary N) is 1. The Hall–Kier alpha value is -0.0500. The van der Waals surface area contributed by atoms with Gasteiger partial charge in [-0.3, -0.25) is 0 Å². The summed E-state index contributed by atoms with van der Waals surface area (Å²) >= 11 is 9.56. The Labute approximate surface area is 111 Å². The third-order valence-electron chi connectivity index (χ3n) is 3.65. The number of halogens is 2. The van der Waals surface area contributed by atoms with Crippen molar-refractivity contribution in [3.63, 3.8) is 0 Å². The fraction of sp³-hybridized carbons (Fsp3) is 0.538. The van der Waals surface area contributed by atoms with Crippen LogP contribution >= 0.6 is 27.5 Å². The molecule has 0 amide bonds. The molecule has 0 aliphatic heterocycles. The van der Waals surface area contributed by atoms with Crippen LogP contribution in [0.2, 0.25) is 5.02 Å². The molecule has 88 valence electrons. The molecule has 0 bridgehead atoms.